The van der Waals surface area contributed by atoms with Gasteiger partial charge in [-0.05, 0) is 43.3 Å². The van der Waals surface area contributed by atoms with Crippen molar-refractivity contribution in [3.63, 3.8) is 0 Å². The van der Waals surface area contributed by atoms with Gasteiger partial charge in [0, 0.05) is 47.0 Å². The van der Waals surface area contributed by atoms with Crippen molar-refractivity contribution in [2.45, 2.75) is 50.0 Å². The van der Waals surface area contributed by atoms with Crippen LogP contribution in [0.4, 0.5) is 22.3 Å². The number of fused-ring (bicyclic) bond motifs is 3. The van der Waals surface area contributed by atoms with Crippen LogP contribution in [0.2, 0.25) is 5.02 Å². The Hall–Kier alpha value is -5.07. The van der Waals surface area contributed by atoms with Gasteiger partial charge in [-0.3, -0.25) is 10.2 Å². The van der Waals surface area contributed by atoms with Gasteiger partial charge in [-0.25, -0.2) is 14.5 Å². The molecule has 2 aliphatic heterocycles. The first kappa shape index (κ1) is 30.6. The number of hydrogen-bond donors (Lipinski definition) is 3. The highest BCUT2D eigenvalue weighted by atomic mass is 35.5. The van der Waals surface area contributed by atoms with Gasteiger partial charge in [0.25, 0.3) is 0 Å². The lowest BCUT2D eigenvalue weighted by Crippen LogP contribution is -2.32. The van der Waals surface area contributed by atoms with Gasteiger partial charge in [0.1, 0.15) is 28.8 Å². The Bertz CT molecular complexity index is 2020. The van der Waals surface area contributed by atoms with Gasteiger partial charge in [-0.15, -0.1) is 0 Å². The molecule has 4 heterocycles. The van der Waals surface area contributed by atoms with Crippen LogP contribution in [0.15, 0.2) is 94.6 Å². The SMILES string of the molecule is Cc1cnc(N2C=CN3c4cc(Oc5ccccc5CNC(=O)Nc5cc(C(C)(C)C)nn5-c5ccc(O)c(Cl)c5)ccc4SC23)o1. The van der Waals surface area contributed by atoms with E-state index in [1.807, 2.05) is 93.5 Å². The zero-order chi connectivity index (χ0) is 32.9. The molecule has 240 valence electrons. The maximum absolute atomic E-state index is 13.2. The number of ether oxygens (including phenoxy) is 1. The van der Waals surface area contributed by atoms with Crippen molar-refractivity contribution < 1.29 is 19.1 Å². The van der Waals surface area contributed by atoms with Gasteiger partial charge in [0.15, 0.2) is 5.50 Å². The van der Waals surface area contributed by atoms with Gasteiger partial charge in [-0.2, -0.15) is 5.10 Å². The van der Waals surface area contributed by atoms with E-state index in [0.29, 0.717) is 29.0 Å². The van der Waals surface area contributed by atoms with E-state index in [9.17, 15) is 9.90 Å². The minimum Gasteiger partial charge on any atom is -0.506 e. The molecule has 0 bridgehead atoms. The average molecular weight is 670 g/mol. The highest BCUT2D eigenvalue weighted by Gasteiger charge is 2.38. The lowest BCUT2D eigenvalue weighted by atomic mass is 9.92. The van der Waals surface area contributed by atoms with E-state index >= 15 is 0 Å². The number of phenols is 1. The summed E-state index contributed by atoms with van der Waals surface area (Å²) in [6.45, 7) is 8.21. The topological polar surface area (TPSA) is 121 Å². The highest BCUT2D eigenvalue weighted by Crippen LogP contribution is 2.49. The number of benzene rings is 3. The Morgan fingerprint density at radius 1 is 1.09 bits per heavy atom. The summed E-state index contributed by atoms with van der Waals surface area (Å²) in [5, 5.41) is 20.6. The fraction of sp³-hybridized carbons (Fsp3) is 0.206. The number of halogens is 1. The third kappa shape index (κ3) is 6.09. The van der Waals surface area contributed by atoms with Gasteiger partial charge >= 0.3 is 12.0 Å². The number of amides is 2. The number of aromatic nitrogens is 3. The van der Waals surface area contributed by atoms with E-state index in [0.717, 1.165) is 27.6 Å². The molecule has 0 fully saturated rings. The van der Waals surface area contributed by atoms with Crippen LogP contribution in [-0.4, -0.2) is 31.4 Å². The molecule has 0 radical (unpaired) electrons. The van der Waals surface area contributed by atoms with Crippen molar-refractivity contribution in [2.75, 3.05) is 15.1 Å². The van der Waals surface area contributed by atoms with E-state index in [2.05, 4.69) is 20.5 Å². The smallest absolute Gasteiger partial charge is 0.320 e. The molecule has 5 aromatic rings. The quantitative estimate of drug-likeness (QED) is 0.158. The molecular formula is C34H32ClN7O4S. The summed E-state index contributed by atoms with van der Waals surface area (Å²) in [6, 6.07) is 20.3. The number of nitrogens with zero attached hydrogens (tertiary/aromatic N) is 5. The Kier molecular flexibility index (Phi) is 7.77. The first-order valence-electron chi connectivity index (χ1n) is 14.9. The van der Waals surface area contributed by atoms with Crippen molar-refractivity contribution in [3.8, 4) is 22.9 Å². The van der Waals surface area contributed by atoms with Crippen LogP contribution in [-0.2, 0) is 12.0 Å². The number of nitrogens with one attached hydrogen (secondary N) is 2. The number of carbonyl (C=O) groups excluding carboxylic acids is 1. The first-order chi connectivity index (χ1) is 22.5. The molecule has 1 atom stereocenters. The Labute approximate surface area is 280 Å². The van der Waals surface area contributed by atoms with Crippen LogP contribution in [0.1, 0.15) is 37.8 Å². The molecular weight excluding hydrogens is 638 g/mol. The number of oxazole rings is 1. The van der Waals surface area contributed by atoms with E-state index in [1.165, 1.54) is 6.07 Å². The van der Waals surface area contributed by atoms with E-state index in [-0.39, 0.29) is 28.2 Å². The summed E-state index contributed by atoms with van der Waals surface area (Å²) in [7, 11) is 0. The summed E-state index contributed by atoms with van der Waals surface area (Å²) >= 11 is 7.88. The lowest BCUT2D eigenvalue weighted by Gasteiger charge is -2.22. The molecule has 2 aromatic heterocycles. The number of phenolic OH excluding ortho intramolecular Hbond substituents is 1. The van der Waals surface area contributed by atoms with E-state index in [1.54, 1.807) is 34.8 Å². The summed E-state index contributed by atoms with van der Waals surface area (Å²) in [4.78, 5) is 22.8. The molecule has 2 aliphatic rings. The van der Waals surface area contributed by atoms with Crippen molar-refractivity contribution in [1.82, 2.24) is 20.1 Å². The zero-order valence-electron chi connectivity index (χ0n) is 26.1. The predicted molar refractivity (Wildman–Crippen MR) is 183 cm³/mol. The van der Waals surface area contributed by atoms with Gasteiger partial charge in [-0.1, -0.05) is 62.3 Å². The molecule has 3 N–H and O–H groups in total. The number of rotatable bonds is 7. The molecule has 0 saturated carbocycles. The number of carbonyl (C=O) groups is 1. The lowest BCUT2D eigenvalue weighted by molar-refractivity contribution is 0.251. The zero-order valence-corrected chi connectivity index (χ0v) is 27.6. The van der Waals surface area contributed by atoms with E-state index < -0.39 is 6.03 Å². The molecule has 1 unspecified atom stereocenters. The molecule has 0 saturated heterocycles. The average Bonchev–Trinajstić information content (AvgIpc) is 3.82. The molecule has 0 spiro atoms. The van der Waals surface area contributed by atoms with Crippen LogP contribution in [0.5, 0.6) is 17.2 Å². The number of hydrogen-bond acceptors (Lipinski definition) is 9. The number of urea groups is 1. The minimum absolute atomic E-state index is 0.0323. The first-order valence-corrected chi connectivity index (χ1v) is 16.2. The van der Waals surface area contributed by atoms with Crippen molar-refractivity contribution in [1.29, 1.82) is 0 Å². The monoisotopic (exact) mass is 669 g/mol. The van der Waals surface area contributed by atoms with Crippen LogP contribution in [0.3, 0.4) is 0 Å². The molecule has 3 aromatic carbocycles. The standard InChI is InChI=1S/C34H32ClN7O4S/c1-20-18-37-32(45-20)41-14-13-40-25-16-23(10-12-28(25)47-33(40)41)46-27-8-6-5-7-21(27)19-36-31(44)38-30-17-29(34(2,3)4)39-42(30)22-9-11-26(43)24(35)15-22/h5-18,33,43H,19H2,1-4H3,(H2,36,38,44). The molecule has 13 heteroatoms. The van der Waals surface area contributed by atoms with Gasteiger partial charge < -0.3 is 24.5 Å². The number of anilines is 3. The maximum atomic E-state index is 13.2. The van der Waals surface area contributed by atoms with Crippen molar-refractivity contribution >= 4 is 46.9 Å². The summed E-state index contributed by atoms with van der Waals surface area (Å²) < 4.78 is 13.7. The largest absolute Gasteiger partial charge is 0.506 e. The summed E-state index contributed by atoms with van der Waals surface area (Å²) in [5.41, 5.74) is 2.90. The molecule has 47 heavy (non-hydrogen) atoms. The minimum atomic E-state index is -0.418. The fourth-order valence-electron chi connectivity index (χ4n) is 5.21. The second kappa shape index (κ2) is 11.9. The van der Waals surface area contributed by atoms with E-state index in [4.69, 9.17) is 25.9 Å². The maximum Gasteiger partial charge on any atom is 0.320 e. The highest BCUT2D eigenvalue weighted by molar-refractivity contribution is 8.00. The second-order valence-electron chi connectivity index (χ2n) is 12.2. The Morgan fingerprint density at radius 2 is 1.89 bits per heavy atom. The van der Waals surface area contributed by atoms with Gasteiger partial charge in [0.2, 0.25) is 0 Å². The molecule has 0 aliphatic carbocycles. The fourth-order valence-corrected chi connectivity index (χ4v) is 6.61. The predicted octanol–water partition coefficient (Wildman–Crippen LogP) is 8.13. The third-order valence-corrected chi connectivity index (χ3v) is 9.24. The van der Waals surface area contributed by atoms with Crippen LogP contribution in [0, 0.1) is 6.92 Å². The number of aryl methyl sites for hydroxylation is 1. The summed E-state index contributed by atoms with van der Waals surface area (Å²) in [6.07, 6.45) is 5.69. The number of aromatic hydroxyl groups is 1. The second-order valence-corrected chi connectivity index (χ2v) is 13.7. The Morgan fingerprint density at radius 3 is 2.66 bits per heavy atom. The molecule has 7 rings (SSSR count). The molecule has 11 nitrogen and oxygen atoms in total. The molecule has 2 amide bonds. The normalized spacial score (nSPS) is 15.1. The van der Waals surface area contributed by atoms with Crippen LogP contribution < -0.4 is 25.2 Å². The number of para-hydroxylation sites is 1. The summed E-state index contributed by atoms with van der Waals surface area (Å²) in [5.74, 6) is 2.48. The van der Waals surface area contributed by atoms with Crippen LogP contribution >= 0.6 is 23.4 Å². The van der Waals surface area contributed by atoms with Crippen molar-refractivity contribution in [2.24, 2.45) is 0 Å². The van der Waals surface area contributed by atoms with Gasteiger partial charge in [0.05, 0.1) is 28.3 Å². The van der Waals surface area contributed by atoms with Crippen molar-refractivity contribution in [3.05, 3.63) is 107 Å². The Balaban J connectivity index is 1.04. The third-order valence-electron chi connectivity index (χ3n) is 7.67. The number of thioether (sulfide) groups is 1. The van der Waals surface area contributed by atoms with Crippen LogP contribution in [0.25, 0.3) is 5.69 Å².